The molecule has 2 atom stereocenters. The molecular formula is C29H24F3NO7. The molecule has 0 radical (unpaired) electrons. The van der Waals surface area contributed by atoms with Gasteiger partial charge in [-0.05, 0) is 44.3 Å². The van der Waals surface area contributed by atoms with Crippen molar-refractivity contribution in [1.29, 1.82) is 0 Å². The number of carbonyl (C=O) groups is 1. The Morgan fingerprint density at radius 2 is 1.77 bits per heavy atom. The molecule has 4 aromatic rings. The van der Waals surface area contributed by atoms with E-state index in [4.69, 9.17) is 9.15 Å². The van der Waals surface area contributed by atoms with Crippen LogP contribution < -0.4 is 14.9 Å². The van der Waals surface area contributed by atoms with Crippen molar-refractivity contribution >= 4 is 16.9 Å². The van der Waals surface area contributed by atoms with Crippen molar-refractivity contribution < 1.29 is 42.1 Å². The van der Waals surface area contributed by atoms with Crippen LogP contribution in [0.5, 0.6) is 23.0 Å². The minimum Gasteiger partial charge on any atom is -0.507 e. The first kappa shape index (κ1) is 27.2. The van der Waals surface area contributed by atoms with Crippen molar-refractivity contribution in [1.82, 2.24) is 4.90 Å². The summed E-state index contributed by atoms with van der Waals surface area (Å²) in [5.74, 6) is -3.63. The molecule has 1 saturated heterocycles. The molecule has 40 heavy (non-hydrogen) atoms. The number of carbonyl (C=O) groups excluding carboxylic acids is 1. The highest BCUT2D eigenvalue weighted by Gasteiger charge is 2.42. The predicted octanol–water partition coefficient (Wildman–Crippen LogP) is 5.21. The number of para-hydroxylation sites is 1. The molecule has 2 N–H and O–H groups in total. The Balaban J connectivity index is 1.67. The molecule has 8 nitrogen and oxygen atoms in total. The van der Waals surface area contributed by atoms with E-state index in [1.807, 2.05) is 11.0 Å². The Bertz CT molecular complexity index is 1620. The molecule has 11 heteroatoms. The monoisotopic (exact) mass is 555 g/mol. The summed E-state index contributed by atoms with van der Waals surface area (Å²) in [5, 5.41) is 21.3. The van der Waals surface area contributed by atoms with Gasteiger partial charge < -0.3 is 29.0 Å². The Morgan fingerprint density at radius 1 is 1.05 bits per heavy atom. The number of esters is 1. The highest BCUT2D eigenvalue weighted by Crippen LogP contribution is 2.43. The van der Waals surface area contributed by atoms with Gasteiger partial charge >= 0.3 is 12.1 Å². The average molecular weight is 556 g/mol. The van der Waals surface area contributed by atoms with Crippen LogP contribution in [-0.2, 0) is 4.79 Å². The highest BCUT2D eigenvalue weighted by molar-refractivity contribution is 5.92. The van der Waals surface area contributed by atoms with Crippen molar-refractivity contribution in [3.05, 3.63) is 82.5 Å². The summed E-state index contributed by atoms with van der Waals surface area (Å²) in [4.78, 5) is 26.9. The Morgan fingerprint density at radius 3 is 2.48 bits per heavy atom. The number of aliphatic hydroxyl groups is 1. The van der Waals surface area contributed by atoms with Gasteiger partial charge in [-0.15, -0.1) is 0 Å². The number of likely N-dealkylation sites (tertiary alicyclic amines) is 1. The zero-order valence-electron chi connectivity index (χ0n) is 21.1. The highest BCUT2D eigenvalue weighted by atomic mass is 19.4. The van der Waals surface area contributed by atoms with Gasteiger partial charge in [0.05, 0.1) is 6.10 Å². The van der Waals surface area contributed by atoms with Crippen LogP contribution in [0.2, 0.25) is 0 Å². The molecule has 5 rings (SSSR count). The van der Waals surface area contributed by atoms with Gasteiger partial charge in [-0.25, -0.2) is 4.79 Å². The van der Waals surface area contributed by atoms with Gasteiger partial charge in [-0.3, -0.25) is 4.79 Å². The molecule has 1 aromatic heterocycles. The lowest BCUT2D eigenvalue weighted by molar-refractivity contribution is -0.189. The van der Waals surface area contributed by atoms with E-state index < -0.39 is 46.5 Å². The summed E-state index contributed by atoms with van der Waals surface area (Å²) in [7, 11) is 1.81. The summed E-state index contributed by atoms with van der Waals surface area (Å²) in [6.07, 6.45) is -5.96. The number of benzene rings is 3. The Labute approximate surface area is 225 Å². The molecule has 1 aliphatic heterocycles. The zero-order chi connectivity index (χ0) is 28.6. The molecule has 0 unspecified atom stereocenters. The largest absolute Gasteiger partial charge is 0.507 e. The van der Waals surface area contributed by atoms with Crippen molar-refractivity contribution in [3.63, 3.8) is 0 Å². The van der Waals surface area contributed by atoms with E-state index in [9.17, 15) is 33.0 Å². The number of likely N-dealkylation sites (N-methyl/N-ethyl adjacent to an activating group) is 1. The summed E-state index contributed by atoms with van der Waals surface area (Å²) < 4.78 is 55.4. The van der Waals surface area contributed by atoms with Crippen LogP contribution in [0, 0.1) is 0 Å². The van der Waals surface area contributed by atoms with E-state index in [0.29, 0.717) is 30.0 Å². The molecule has 2 heterocycles. The second kappa shape index (κ2) is 10.7. The number of β-amino-alcohol motifs (C(OH)–C–C–N with tert-alkyl or cyclic N) is 1. The maximum atomic E-state index is 13.4. The third-order valence-corrected chi connectivity index (χ3v) is 6.67. The summed E-state index contributed by atoms with van der Waals surface area (Å²) >= 11 is 0. The van der Waals surface area contributed by atoms with Gasteiger partial charge in [0.2, 0.25) is 0 Å². The topological polar surface area (TPSA) is 109 Å². The smallest absolute Gasteiger partial charge is 0.491 e. The molecule has 0 amide bonds. The standard InChI is InChI=1S/C29H24F3NO7/c1-33-11-10-19(22(36)15-33)25-20(34)14-24(40-28(37)29(30,31)32)26-21(35)13-23(39-27(25)26)16-6-5-9-18(12-16)38-17-7-3-2-4-8-17/h2-9,12-14,19,22,34,36H,10-11,15H2,1H3/t19-,22+/m0/s1. The summed E-state index contributed by atoms with van der Waals surface area (Å²) in [6.45, 7) is 0.787. The molecular weight excluding hydrogens is 531 g/mol. The molecule has 0 aliphatic carbocycles. The summed E-state index contributed by atoms with van der Waals surface area (Å²) in [5.41, 5.74) is -0.646. The van der Waals surface area contributed by atoms with Crippen LogP contribution in [0.3, 0.4) is 0 Å². The van der Waals surface area contributed by atoms with E-state index in [1.54, 1.807) is 55.6 Å². The first-order valence-electron chi connectivity index (χ1n) is 12.3. The lowest BCUT2D eigenvalue weighted by Crippen LogP contribution is -2.40. The van der Waals surface area contributed by atoms with Crippen LogP contribution in [0.25, 0.3) is 22.3 Å². The lowest BCUT2D eigenvalue weighted by atomic mass is 9.85. The first-order chi connectivity index (χ1) is 19.0. The number of alkyl halides is 3. The van der Waals surface area contributed by atoms with Crippen LogP contribution in [0.1, 0.15) is 17.9 Å². The summed E-state index contributed by atoms with van der Waals surface area (Å²) in [6, 6.07) is 17.4. The number of phenolic OH excluding ortho intramolecular Hbond substituents is 1. The second-order valence-corrected chi connectivity index (χ2v) is 9.54. The third kappa shape index (κ3) is 5.51. The zero-order valence-corrected chi connectivity index (χ0v) is 21.1. The number of hydrogen-bond donors (Lipinski definition) is 2. The lowest BCUT2D eigenvalue weighted by Gasteiger charge is -2.34. The number of rotatable bonds is 5. The maximum absolute atomic E-state index is 13.4. The van der Waals surface area contributed by atoms with Crippen LogP contribution in [-0.4, -0.2) is 53.5 Å². The van der Waals surface area contributed by atoms with Crippen molar-refractivity contribution in [2.24, 2.45) is 0 Å². The number of halogens is 3. The normalized spacial score (nSPS) is 18.0. The van der Waals surface area contributed by atoms with Crippen LogP contribution in [0.15, 0.2) is 75.9 Å². The van der Waals surface area contributed by atoms with Crippen LogP contribution in [0.4, 0.5) is 13.2 Å². The van der Waals surface area contributed by atoms with Gasteiger partial charge in [-0.1, -0.05) is 30.3 Å². The Hall–Kier alpha value is -4.35. The average Bonchev–Trinajstić information content (AvgIpc) is 2.89. The molecule has 3 aromatic carbocycles. The Kier molecular flexibility index (Phi) is 7.26. The molecule has 0 saturated carbocycles. The minimum atomic E-state index is -5.34. The van der Waals surface area contributed by atoms with Crippen molar-refractivity contribution in [2.45, 2.75) is 24.6 Å². The first-order valence-corrected chi connectivity index (χ1v) is 12.3. The number of nitrogens with zero attached hydrogens (tertiary/aromatic N) is 1. The number of aliphatic hydroxyl groups excluding tert-OH is 1. The van der Waals surface area contributed by atoms with E-state index >= 15 is 0 Å². The molecule has 0 bridgehead atoms. The fourth-order valence-corrected chi connectivity index (χ4v) is 4.81. The fourth-order valence-electron chi connectivity index (χ4n) is 4.81. The van der Waals surface area contributed by atoms with E-state index in [2.05, 4.69) is 4.74 Å². The van der Waals surface area contributed by atoms with Crippen molar-refractivity contribution in [3.8, 4) is 34.3 Å². The number of fused-ring (bicyclic) bond motifs is 1. The molecule has 1 aliphatic rings. The molecule has 0 spiro atoms. The van der Waals surface area contributed by atoms with Crippen LogP contribution >= 0.6 is 0 Å². The van der Waals surface area contributed by atoms with Gasteiger partial charge in [0.25, 0.3) is 0 Å². The van der Waals surface area contributed by atoms with Gasteiger partial charge in [-0.2, -0.15) is 13.2 Å². The van der Waals surface area contributed by atoms with Gasteiger partial charge in [0.1, 0.15) is 39.7 Å². The maximum Gasteiger partial charge on any atom is 0.491 e. The van der Waals surface area contributed by atoms with Gasteiger partial charge in [0, 0.05) is 35.7 Å². The SMILES string of the molecule is CN1CC[C@H](c2c(O)cc(OC(=O)C(F)(F)F)c3c(=O)cc(-c4cccc(Oc5ccccc5)c4)oc23)[C@H](O)C1. The minimum absolute atomic E-state index is 0.0263. The van der Waals surface area contributed by atoms with E-state index in [0.717, 1.165) is 12.1 Å². The quantitative estimate of drug-likeness (QED) is 0.255. The van der Waals surface area contributed by atoms with E-state index in [-0.39, 0.29) is 23.5 Å². The fraction of sp³-hybridized carbons (Fsp3) is 0.241. The van der Waals surface area contributed by atoms with E-state index in [1.165, 1.54) is 0 Å². The molecule has 1 fully saturated rings. The number of piperidine rings is 1. The number of hydrogen-bond acceptors (Lipinski definition) is 8. The molecule has 208 valence electrons. The number of ether oxygens (including phenoxy) is 2. The predicted molar refractivity (Wildman–Crippen MR) is 139 cm³/mol. The second-order valence-electron chi connectivity index (χ2n) is 9.54. The van der Waals surface area contributed by atoms with Gasteiger partial charge in [0.15, 0.2) is 5.43 Å². The number of phenols is 1. The van der Waals surface area contributed by atoms with Crippen molar-refractivity contribution in [2.75, 3.05) is 20.1 Å². The third-order valence-electron chi connectivity index (χ3n) is 6.67. The number of aromatic hydroxyl groups is 1.